The molecule has 3 aromatic rings. The Bertz CT molecular complexity index is 2400. The van der Waals surface area contributed by atoms with Gasteiger partial charge in [-0.1, -0.05) is 66.7 Å². The van der Waals surface area contributed by atoms with Crippen LogP contribution in [0.2, 0.25) is 0 Å². The van der Waals surface area contributed by atoms with Crippen LogP contribution in [0.1, 0.15) is 35.8 Å². The number of nitrogens with zero attached hydrogens (tertiary/aromatic N) is 2. The predicted molar refractivity (Wildman–Crippen MR) is 220 cm³/mol. The zero-order valence-corrected chi connectivity index (χ0v) is 36.1. The molecule has 4 aliphatic rings. The van der Waals surface area contributed by atoms with Gasteiger partial charge in [0.25, 0.3) is 0 Å². The van der Waals surface area contributed by atoms with E-state index in [2.05, 4.69) is 10.1 Å². The lowest BCUT2D eigenvalue weighted by molar-refractivity contribution is -0.215. The number of fused-ring (bicyclic) bond motifs is 2. The molecular formula is C41H36F6N4O11S3. The summed E-state index contributed by atoms with van der Waals surface area (Å²) in [6.45, 7) is 2.13. The summed E-state index contributed by atoms with van der Waals surface area (Å²) < 4.78 is 90.1. The Balaban J connectivity index is 0.000000267. The number of carboxylic acids is 2. The summed E-state index contributed by atoms with van der Waals surface area (Å²) in [5.74, 6) is -14.6. The highest BCUT2D eigenvalue weighted by Crippen LogP contribution is 2.54. The van der Waals surface area contributed by atoms with Crippen molar-refractivity contribution in [3.63, 3.8) is 0 Å². The van der Waals surface area contributed by atoms with Gasteiger partial charge in [-0.25, -0.2) is 9.59 Å². The molecule has 3 amide bonds. The number of halogens is 6. The third-order valence-electron chi connectivity index (χ3n) is 10.4. The minimum atomic E-state index is -4.88. The first-order valence-electron chi connectivity index (χ1n) is 19.0. The number of carboxylic acid groups (broad SMARTS) is 2. The molecule has 24 heteroatoms. The number of thioether (sulfide) groups is 2. The van der Waals surface area contributed by atoms with Gasteiger partial charge < -0.3 is 25.0 Å². The van der Waals surface area contributed by atoms with Gasteiger partial charge in [0.2, 0.25) is 23.4 Å². The van der Waals surface area contributed by atoms with Crippen molar-refractivity contribution in [2.75, 3.05) is 11.5 Å². The Labute approximate surface area is 377 Å². The van der Waals surface area contributed by atoms with Crippen LogP contribution >= 0.6 is 34.9 Å². The molecule has 5 heterocycles. The number of nitrogens with two attached hydrogens (primary N) is 1. The fourth-order valence-electron chi connectivity index (χ4n) is 7.82. The van der Waals surface area contributed by atoms with Crippen molar-refractivity contribution in [3.05, 3.63) is 117 Å². The van der Waals surface area contributed by atoms with E-state index in [0.29, 0.717) is 37.6 Å². The average molecular weight is 971 g/mol. The normalized spacial score (nSPS) is 21.9. The lowest BCUT2D eigenvalue weighted by Gasteiger charge is -2.52. The fourth-order valence-corrected chi connectivity index (χ4v) is 11.5. The average Bonchev–Trinajstić information content (AvgIpc) is 3.71. The Morgan fingerprint density at radius 3 is 1.68 bits per heavy atom. The minimum absolute atomic E-state index is 0.113. The van der Waals surface area contributed by atoms with E-state index in [1.165, 1.54) is 11.3 Å². The number of hydrogen-bond acceptors (Lipinski definition) is 13. The molecule has 5 N–H and O–H groups in total. The highest BCUT2D eigenvalue weighted by molar-refractivity contribution is 8.00. The second-order valence-corrected chi connectivity index (χ2v) is 17.8. The molecule has 2 aromatic carbocycles. The van der Waals surface area contributed by atoms with E-state index in [1.54, 1.807) is 78.2 Å². The summed E-state index contributed by atoms with van der Waals surface area (Å²) in [4.78, 5) is 88.0. The Morgan fingerprint density at radius 1 is 0.754 bits per heavy atom. The molecule has 1 aromatic heterocycles. The summed E-state index contributed by atoms with van der Waals surface area (Å²) in [6, 6.07) is 20.6. The predicted octanol–water partition coefficient (Wildman–Crippen LogP) is 5.20. The second-order valence-electron chi connectivity index (χ2n) is 14.6. The summed E-state index contributed by atoms with van der Waals surface area (Å²) in [5, 5.41) is 21.3. The molecule has 2 unspecified atom stereocenters. The van der Waals surface area contributed by atoms with Gasteiger partial charge in [-0.2, -0.15) is 26.3 Å². The Hall–Kier alpha value is -5.85. The van der Waals surface area contributed by atoms with Gasteiger partial charge >= 0.3 is 36.2 Å². The number of aliphatic carboxylic acids is 2. The zero-order chi connectivity index (χ0) is 47.8. The number of thiophene rings is 1. The van der Waals surface area contributed by atoms with Gasteiger partial charge in [0.1, 0.15) is 22.1 Å². The summed E-state index contributed by atoms with van der Waals surface area (Å²) in [6.07, 6.45) is -11.2. The summed E-state index contributed by atoms with van der Waals surface area (Å²) >= 11 is 2.74. The third-order valence-corrected chi connectivity index (χ3v) is 13.8. The molecule has 0 aliphatic carbocycles. The fraction of sp³-hybridized carbons (Fsp3) is 0.341. The van der Waals surface area contributed by atoms with Gasteiger partial charge in [-0.15, -0.1) is 34.9 Å². The number of benzene rings is 2. The van der Waals surface area contributed by atoms with Crippen LogP contribution in [-0.4, -0.2) is 108 Å². The molecule has 65 heavy (non-hydrogen) atoms. The van der Waals surface area contributed by atoms with Gasteiger partial charge in [0.05, 0.1) is 12.3 Å². The summed E-state index contributed by atoms with van der Waals surface area (Å²) in [5.41, 5.74) is 2.57. The number of carbonyl (C=O) groups is 7. The first-order chi connectivity index (χ1) is 30.5. The van der Waals surface area contributed by atoms with E-state index < -0.39 is 106 Å². The molecule has 2 saturated heterocycles. The number of hydrogen-bond donors (Lipinski definition) is 4. The van der Waals surface area contributed by atoms with E-state index in [0.717, 1.165) is 25.6 Å². The molecule has 15 nitrogen and oxygen atoms in total. The number of nitrogens with one attached hydrogen (secondary N) is 1. The first kappa shape index (κ1) is 48.6. The van der Waals surface area contributed by atoms with E-state index in [-0.39, 0.29) is 29.1 Å². The van der Waals surface area contributed by atoms with Crippen molar-refractivity contribution in [1.82, 2.24) is 15.1 Å². The van der Waals surface area contributed by atoms with Gasteiger partial charge in [-0.05, 0) is 22.6 Å². The van der Waals surface area contributed by atoms with Crippen molar-refractivity contribution >= 4 is 76.5 Å². The molecule has 0 saturated carbocycles. The van der Waals surface area contributed by atoms with Crippen LogP contribution in [0.4, 0.5) is 26.3 Å². The van der Waals surface area contributed by atoms with Crippen LogP contribution in [0.3, 0.4) is 0 Å². The minimum Gasteiger partial charge on any atom is -0.477 e. The first-order valence-corrected chi connectivity index (χ1v) is 22.0. The monoisotopic (exact) mass is 970 g/mol. The van der Waals surface area contributed by atoms with E-state index in [9.17, 15) is 70.1 Å². The van der Waals surface area contributed by atoms with Gasteiger partial charge in [0.15, 0.2) is 18.1 Å². The topological polar surface area (TPSA) is 223 Å². The number of ether oxygens (including phenoxy) is 2. The molecule has 0 spiro atoms. The molecule has 0 bridgehead atoms. The van der Waals surface area contributed by atoms with Gasteiger partial charge in [0, 0.05) is 41.4 Å². The zero-order valence-electron chi connectivity index (χ0n) is 33.6. The molecule has 346 valence electrons. The largest absolute Gasteiger partial charge is 0.477 e. The van der Waals surface area contributed by atoms with Crippen LogP contribution in [0.15, 0.2) is 101 Å². The Kier molecular flexibility index (Phi) is 14.2. The molecule has 7 rings (SSSR count). The van der Waals surface area contributed by atoms with Crippen molar-refractivity contribution in [1.29, 1.82) is 0 Å². The molecule has 2 fully saturated rings. The Morgan fingerprint density at radius 2 is 1.25 bits per heavy atom. The standard InChI is InChI=1S/C30H25F3N2O6S2.C11H11F3N2O5S/c1-17(36)41-29(34-22(37)15-20-13-8-14-42-20,23(18-9-4-2-5-10-18)19-11-6-3-7-12-19)21-16-43-27-24(30(31,32)33)26(38)35(27)25(21)28(39)40;1-3(17)21-7(15)4-2-22-9-5(11(12,13)14)8(18)16(9)6(4)10(19)20/h2-14,23-24,27H,15-16H2,1H3,(H,34,37)(H,39,40);5,7,9H,2,15H2,1H3,(H,19,20)/t24-,27+,29?;5-,7?,9-/m01/s1. The maximum absolute atomic E-state index is 13.7. The highest BCUT2D eigenvalue weighted by Gasteiger charge is 2.67. The van der Waals surface area contributed by atoms with Gasteiger partial charge in [-0.3, -0.25) is 39.5 Å². The second kappa shape index (κ2) is 18.9. The number of amides is 3. The van der Waals surface area contributed by atoms with Crippen LogP contribution in [0.25, 0.3) is 0 Å². The van der Waals surface area contributed by atoms with Crippen LogP contribution in [0.5, 0.6) is 0 Å². The van der Waals surface area contributed by atoms with Crippen LogP contribution in [0, 0.1) is 11.8 Å². The quantitative estimate of drug-likeness (QED) is 0.0794. The number of alkyl halides is 6. The maximum atomic E-state index is 13.7. The third kappa shape index (κ3) is 9.75. The molecule has 0 radical (unpaired) electrons. The van der Waals surface area contributed by atoms with Crippen LogP contribution in [-0.2, 0) is 49.5 Å². The number of rotatable bonds is 12. The maximum Gasteiger partial charge on any atom is 0.403 e. The smallest absolute Gasteiger partial charge is 0.403 e. The molecule has 4 aliphatic heterocycles. The van der Waals surface area contributed by atoms with E-state index in [4.69, 9.17) is 10.5 Å². The van der Waals surface area contributed by atoms with E-state index in [1.807, 2.05) is 0 Å². The number of esters is 2. The SMILES string of the molecule is CC(=O)OC(N)C1=C(C(=O)O)N2C(=O)[C@@H](C(F)(F)F)[C@H]2SC1.CC(=O)OC(NC(=O)Cc1cccs1)(C1=C(C(=O)O)N2C(=O)[C@H](C(F)(F)F)[C@H]2SC1)C(c1ccccc1)c1ccccc1. The van der Waals surface area contributed by atoms with Crippen LogP contribution < -0.4 is 11.1 Å². The van der Waals surface area contributed by atoms with Crippen molar-refractivity contribution < 1.29 is 79.6 Å². The number of carbonyl (C=O) groups excluding carboxylic acids is 5. The molecular weight excluding hydrogens is 935 g/mol. The highest BCUT2D eigenvalue weighted by atomic mass is 32.2. The van der Waals surface area contributed by atoms with Crippen molar-refractivity contribution in [2.24, 2.45) is 17.6 Å². The van der Waals surface area contributed by atoms with E-state index >= 15 is 0 Å². The lowest BCUT2D eigenvalue weighted by Crippen LogP contribution is -2.68. The molecule has 6 atom stereocenters. The lowest BCUT2D eigenvalue weighted by atomic mass is 9.77. The number of β-lactam (4-membered cyclic amide) rings is 2. The summed E-state index contributed by atoms with van der Waals surface area (Å²) in [7, 11) is 0. The van der Waals surface area contributed by atoms with Crippen molar-refractivity contribution in [2.45, 2.75) is 61.2 Å². The van der Waals surface area contributed by atoms with Crippen molar-refractivity contribution in [3.8, 4) is 0 Å².